The Labute approximate surface area is 103 Å². The van der Waals surface area contributed by atoms with Crippen LogP contribution in [0, 0.1) is 0 Å². The average molecular weight is 237 g/mol. The van der Waals surface area contributed by atoms with Gasteiger partial charge in [0.1, 0.15) is 0 Å². The summed E-state index contributed by atoms with van der Waals surface area (Å²) in [6.45, 7) is 6.36. The van der Waals surface area contributed by atoms with E-state index >= 15 is 0 Å². The van der Waals surface area contributed by atoms with E-state index in [2.05, 4.69) is 31.9 Å². The first-order valence-corrected chi connectivity index (χ1v) is 6.51. The first-order chi connectivity index (χ1) is 8.06. The molecule has 1 aromatic rings. The Bertz CT molecular complexity index is 361. The summed E-state index contributed by atoms with van der Waals surface area (Å²) in [5.74, 6) is 0. The van der Waals surface area contributed by atoms with Crippen molar-refractivity contribution in [1.29, 1.82) is 0 Å². The van der Waals surface area contributed by atoms with Crippen LogP contribution in [0.3, 0.4) is 0 Å². The molecule has 2 heterocycles. The van der Waals surface area contributed by atoms with Gasteiger partial charge < -0.3 is 10.5 Å². The average Bonchev–Trinajstić information content (AvgIpc) is 2.86. The van der Waals surface area contributed by atoms with Gasteiger partial charge in [-0.05, 0) is 39.7 Å². The fourth-order valence-corrected chi connectivity index (χ4v) is 2.30. The maximum Gasteiger partial charge on any atom is 0.0734 e. The Morgan fingerprint density at radius 1 is 1.53 bits per heavy atom. The molecule has 0 radical (unpaired) electrons. The van der Waals surface area contributed by atoms with Crippen LogP contribution in [0.5, 0.6) is 0 Å². The van der Waals surface area contributed by atoms with Crippen molar-refractivity contribution in [2.45, 2.75) is 64.3 Å². The highest BCUT2D eigenvalue weighted by atomic mass is 16.5. The van der Waals surface area contributed by atoms with Gasteiger partial charge in [-0.1, -0.05) is 0 Å². The number of ether oxygens (including phenoxy) is 1. The number of aromatic nitrogens is 2. The molecule has 1 aromatic heterocycles. The van der Waals surface area contributed by atoms with Crippen molar-refractivity contribution >= 4 is 0 Å². The van der Waals surface area contributed by atoms with E-state index in [0.717, 1.165) is 25.0 Å². The second kappa shape index (κ2) is 5.19. The molecule has 17 heavy (non-hydrogen) atoms. The van der Waals surface area contributed by atoms with Crippen molar-refractivity contribution in [3.8, 4) is 0 Å². The molecule has 1 aliphatic heterocycles. The van der Waals surface area contributed by atoms with Gasteiger partial charge in [0.15, 0.2) is 0 Å². The van der Waals surface area contributed by atoms with Gasteiger partial charge in [0.25, 0.3) is 0 Å². The lowest BCUT2D eigenvalue weighted by Gasteiger charge is -2.18. The zero-order valence-corrected chi connectivity index (χ0v) is 11.0. The fraction of sp³-hybridized carbons (Fsp3) is 0.769. The van der Waals surface area contributed by atoms with Gasteiger partial charge in [-0.25, -0.2) is 0 Å². The summed E-state index contributed by atoms with van der Waals surface area (Å²) < 4.78 is 7.76. The second-order valence-electron chi connectivity index (χ2n) is 5.31. The Kier molecular flexibility index (Phi) is 3.84. The zero-order chi connectivity index (χ0) is 12.4. The fourth-order valence-electron chi connectivity index (χ4n) is 2.30. The number of hydrogen-bond acceptors (Lipinski definition) is 3. The summed E-state index contributed by atoms with van der Waals surface area (Å²) >= 11 is 0. The minimum Gasteiger partial charge on any atom is -0.374 e. The Morgan fingerprint density at radius 2 is 2.29 bits per heavy atom. The first-order valence-electron chi connectivity index (χ1n) is 6.51. The van der Waals surface area contributed by atoms with Crippen LogP contribution in [-0.2, 0) is 11.2 Å². The van der Waals surface area contributed by atoms with Gasteiger partial charge >= 0.3 is 0 Å². The smallest absolute Gasteiger partial charge is 0.0734 e. The molecular formula is C13H23N3O. The highest BCUT2D eigenvalue weighted by Gasteiger charge is 2.27. The number of nitrogens with two attached hydrogens (primary N) is 1. The lowest BCUT2D eigenvalue weighted by molar-refractivity contribution is 0.0402. The van der Waals surface area contributed by atoms with Gasteiger partial charge in [0.2, 0.25) is 0 Å². The van der Waals surface area contributed by atoms with Gasteiger partial charge in [-0.3, -0.25) is 4.68 Å². The Balaban J connectivity index is 1.91. The topological polar surface area (TPSA) is 53.1 Å². The molecule has 2 N–H and O–H groups in total. The monoisotopic (exact) mass is 237 g/mol. The van der Waals surface area contributed by atoms with Gasteiger partial charge in [-0.15, -0.1) is 0 Å². The van der Waals surface area contributed by atoms with E-state index in [1.807, 2.05) is 10.9 Å². The molecule has 0 spiro atoms. The molecule has 0 amide bonds. The molecule has 1 fully saturated rings. The Morgan fingerprint density at radius 3 is 2.82 bits per heavy atom. The third-order valence-corrected chi connectivity index (χ3v) is 3.38. The highest BCUT2D eigenvalue weighted by molar-refractivity contribution is 5.03. The van der Waals surface area contributed by atoms with Crippen molar-refractivity contribution in [2.75, 3.05) is 0 Å². The van der Waals surface area contributed by atoms with Crippen LogP contribution < -0.4 is 5.73 Å². The van der Waals surface area contributed by atoms with Crippen LogP contribution in [0.15, 0.2) is 12.3 Å². The van der Waals surface area contributed by atoms with Gasteiger partial charge in [-0.2, -0.15) is 5.10 Å². The highest BCUT2D eigenvalue weighted by Crippen LogP contribution is 2.22. The quantitative estimate of drug-likeness (QED) is 0.870. The minimum absolute atomic E-state index is 0.0652. The predicted molar refractivity (Wildman–Crippen MR) is 67.9 cm³/mol. The minimum atomic E-state index is 0.0652. The van der Waals surface area contributed by atoms with E-state index < -0.39 is 0 Å². The molecule has 1 aliphatic rings. The van der Waals surface area contributed by atoms with Crippen LogP contribution in [0.4, 0.5) is 0 Å². The zero-order valence-electron chi connectivity index (χ0n) is 11.0. The van der Waals surface area contributed by atoms with Crippen LogP contribution in [0.25, 0.3) is 0 Å². The number of hydrogen-bond donors (Lipinski definition) is 1. The van der Waals surface area contributed by atoms with E-state index in [1.165, 1.54) is 0 Å². The van der Waals surface area contributed by atoms with Crippen LogP contribution >= 0.6 is 0 Å². The molecule has 1 saturated heterocycles. The first kappa shape index (κ1) is 12.6. The molecule has 3 unspecified atom stereocenters. The molecule has 0 saturated carbocycles. The summed E-state index contributed by atoms with van der Waals surface area (Å²) in [5, 5.41) is 4.52. The molecule has 4 nitrogen and oxygen atoms in total. The van der Waals surface area contributed by atoms with Crippen molar-refractivity contribution < 1.29 is 4.74 Å². The third-order valence-electron chi connectivity index (χ3n) is 3.38. The van der Waals surface area contributed by atoms with Crippen LogP contribution in [0.1, 0.15) is 45.3 Å². The van der Waals surface area contributed by atoms with E-state index in [1.54, 1.807) is 0 Å². The maximum absolute atomic E-state index is 6.18. The number of nitrogens with zero attached hydrogens (tertiary/aromatic N) is 2. The number of rotatable bonds is 4. The molecule has 4 heteroatoms. The van der Waals surface area contributed by atoms with Crippen molar-refractivity contribution in [3.05, 3.63) is 18.0 Å². The van der Waals surface area contributed by atoms with Crippen LogP contribution in [-0.4, -0.2) is 28.0 Å². The largest absolute Gasteiger partial charge is 0.374 e. The summed E-state index contributed by atoms with van der Waals surface area (Å²) in [5.41, 5.74) is 7.25. The summed E-state index contributed by atoms with van der Waals surface area (Å²) in [7, 11) is 0. The van der Waals surface area contributed by atoms with E-state index in [0.29, 0.717) is 12.1 Å². The van der Waals surface area contributed by atoms with Crippen molar-refractivity contribution in [3.63, 3.8) is 0 Å². The Hall–Kier alpha value is -0.870. The predicted octanol–water partition coefficient (Wildman–Crippen LogP) is 1.90. The van der Waals surface area contributed by atoms with Crippen LogP contribution in [0.2, 0.25) is 0 Å². The lowest BCUT2D eigenvalue weighted by atomic mass is 10.0. The molecule has 3 atom stereocenters. The summed E-state index contributed by atoms with van der Waals surface area (Å²) in [6, 6.07) is 2.52. The molecule has 96 valence electrons. The molecule has 0 aromatic carbocycles. The standard InChI is InChI=1S/C13H23N3O/c1-9(2)16-7-6-11(15-16)8-12(14)13-5-4-10(3)17-13/h6-7,9-10,12-13H,4-5,8,14H2,1-3H3. The molecule has 2 rings (SSSR count). The molecular weight excluding hydrogens is 214 g/mol. The van der Waals surface area contributed by atoms with E-state index in [9.17, 15) is 0 Å². The normalized spacial score (nSPS) is 26.6. The molecule has 0 bridgehead atoms. The van der Waals surface area contributed by atoms with Crippen molar-refractivity contribution in [1.82, 2.24) is 9.78 Å². The van der Waals surface area contributed by atoms with Gasteiger partial charge in [0.05, 0.1) is 17.9 Å². The lowest BCUT2D eigenvalue weighted by Crippen LogP contribution is -2.36. The molecule has 0 aliphatic carbocycles. The third kappa shape index (κ3) is 3.07. The second-order valence-corrected chi connectivity index (χ2v) is 5.31. The summed E-state index contributed by atoms with van der Waals surface area (Å²) in [4.78, 5) is 0. The maximum atomic E-state index is 6.18. The van der Waals surface area contributed by atoms with Gasteiger partial charge in [0, 0.05) is 24.7 Å². The van der Waals surface area contributed by atoms with Crippen molar-refractivity contribution in [2.24, 2.45) is 5.73 Å². The summed E-state index contributed by atoms with van der Waals surface area (Å²) in [6.07, 6.45) is 5.59. The van der Waals surface area contributed by atoms with E-state index in [-0.39, 0.29) is 12.1 Å². The van der Waals surface area contributed by atoms with E-state index in [4.69, 9.17) is 10.5 Å². The SMILES string of the molecule is CC1CCC(C(N)Cc2ccn(C(C)C)n2)O1.